The van der Waals surface area contributed by atoms with Crippen LogP contribution in [0.25, 0.3) is 10.8 Å². The Morgan fingerprint density at radius 1 is 1.18 bits per heavy atom. The van der Waals surface area contributed by atoms with Crippen molar-refractivity contribution in [3.05, 3.63) is 59.2 Å². The lowest BCUT2D eigenvalue weighted by Crippen LogP contribution is -2.53. The van der Waals surface area contributed by atoms with E-state index in [0.29, 0.717) is 23.0 Å². The van der Waals surface area contributed by atoms with Gasteiger partial charge in [0.15, 0.2) is 0 Å². The summed E-state index contributed by atoms with van der Waals surface area (Å²) in [5.41, 5.74) is 0.358. The zero-order valence-electron chi connectivity index (χ0n) is 15.0. The number of imide groups is 1. The molecule has 3 heterocycles. The summed E-state index contributed by atoms with van der Waals surface area (Å²) in [6.07, 6.45) is 2.61. The summed E-state index contributed by atoms with van der Waals surface area (Å²) in [5.74, 6) is -0.259. The third-order valence-electron chi connectivity index (χ3n) is 6.05. The fourth-order valence-corrected chi connectivity index (χ4v) is 4.97. The summed E-state index contributed by atoms with van der Waals surface area (Å²) >= 11 is 0. The number of fused-ring (bicyclic) bond motifs is 6. The second-order valence-electron chi connectivity index (χ2n) is 7.41. The normalized spacial score (nSPS) is 26.4. The van der Waals surface area contributed by atoms with Crippen LogP contribution in [0.4, 0.5) is 16.2 Å². The average Bonchev–Trinajstić information content (AvgIpc) is 3.33. The Kier molecular flexibility index (Phi) is 3.54. The number of benzene rings is 2. The van der Waals surface area contributed by atoms with Gasteiger partial charge in [0, 0.05) is 36.6 Å². The monoisotopic (exact) mass is 378 g/mol. The van der Waals surface area contributed by atoms with Crippen molar-refractivity contribution in [2.24, 2.45) is 0 Å². The molecule has 0 unspecified atom stereocenters. The number of rotatable bonds is 4. The lowest BCUT2D eigenvalue weighted by molar-refractivity contribution is -0.383. The Hall–Kier alpha value is -3.26. The van der Waals surface area contributed by atoms with Gasteiger partial charge in [-0.3, -0.25) is 19.8 Å². The minimum atomic E-state index is -0.500. The molecule has 0 aromatic heterocycles. The van der Waals surface area contributed by atoms with E-state index in [4.69, 9.17) is 0 Å². The highest BCUT2D eigenvalue weighted by Gasteiger charge is 2.61. The highest BCUT2D eigenvalue weighted by molar-refractivity contribution is 6.25. The van der Waals surface area contributed by atoms with Gasteiger partial charge in [0.25, 0.3) is 11.6 Å². The number of hydrogen-bond donors (Lipinski definition) is 0. The Bertz CT molecular complexity index is 1050. The Balaban J connectivity index is 1.60. The molecule has 3 aliphatic heterocycles. The first-order chi connectivity index (χ1) is 13.5. The number of anilines is 1. The number of carbonyl (C=O) groups excluding carboxylic acids is 2. The molecule has 28 heavy (non-hydrogen) atoms. The van der Waals surface area contributed by atoms with Crippen molar-refractivity contribution < 1.29 is 14.5 Å². The number of carbonyl (C=O) groups is 2. The molecule has 0 N–H and O–H groups in total. The molecule has 0 saturated carbocycles. The minimum Gasteiger partial charge on any atom is -0.306 e. The van der Waals surface area contributed by atoms with Gasteiger partial charge in [0.1, 0.15) is 6.04 Å². The van der Waals surface area contributed by atoms with Crippen LogP contribution in [-0.2, 0) is 4.79 Å². The number of piperazine rings is 1. The topological polar surface area (TPSA) is 87.0 Å². The molecule has 2 aromatic rings. The van der Waals surface area contributed by atoms with Crippen molar-refractivity contribution in [3.63, 3.8) is 0 Å². The van der Waals surface area contributed by atoms with Crippen LogP contribution in [-0.4, -0.2) is 57.9 Å². The van der Waals surface area contributed by atoms with Crippen LogP contribution >= 0.6 is 0 Å². The van der Waals surface area contributed by atoms with E-state index in [1.807, 2.05) is 6.08 Å². The fourth-order valence-electron chi connectivity index (χ4n) is 4.97. The maximum absolute atomic E-state index is 13.3. The molecule has 8 nitrogen and oxygen atoms in total. The Labute approximate surface area is 160 Å². The molecule has 3 aliphatic rings. The fraction of sp³-hybridized carbons (Fsp3) is 0.300. The first-order valence-corrected chi connectivity index (χ1v) is 9.20. The van der Waals surface area contributed by atoms with Gasteiger partial charge < -0.3 is 4.90 Å². The molecule has 0 aliphatic carbocycles. The SMILES string of the molecule is C=CCN1C[C@@H]2C[C@H]1[C@@H]1C(=O)N(c3ccc([N+](=O)[O-])c4ccccc34)C(=O)N21. The third-order valence-corrected chi connectivity index (χ3v) is 6.05. The molecule has 2 bridgehead atoms. The summed E-state index contributed by atoms with van der Waals surface area (Å²) < 4.78 is 0. The highest BCUT2D eigenvalue weighted by Crippen LogP contribution is 2.44. The van der Waals surface area contributed by atoms with Crippen LogP contribution in [0.3, 0.4) is 0 Å². The van der Waals surface area contributed by atoms with Gasteiger partial charge in [-0.05, 0) is 18.6 Å². The molecule has 142 valence electrons. The molecule has 0 spiro atoms. The number of amides is 3. The standard InChI is InChI=1S/C20H18N4O4/c1-2-9-21-11-12-10-17(21)18-19(25)23(20(26)22(12)18)15-7-8-16(24(27)28)14-6-4-3-5-13(14)15/h2-8,12,17-18H,1,9-11H2/t12-,17-,18+/m0/s1. The van der Waals surface area contributed by atoms with E-state index in [2.05, 4.69) is 11.5 Å². The van der Waals surface area contributed by atoms with E-state index in [1.165, 1.54) is 17.0 Å². The van der Waals surface area contributed by atoms with Crippen molar-refractivity contribution in [2.45, 2.75) is 24.5 Å². The molecule has 3 fully saturated rings. The Morgan fingerprint density at radius 2 is 1.93 bits per heavy atom. The van der Waals surface area contributed by atoms with Crippen LogP contribution in [0.5, 0.6) is 0 Å². The van der Waals surface area contributed by atoms with Gasteiger partial charge in [0.05, 0.1) is 16.0 Å². The molecule has 3 amide bonds. The van der Waals surface area contributed by atoms with Crippen LogP contribution in [0.15, 0.2) is 49.1 Å². The van der Waals surface area contributed by atoms with E-state index < -0.39 is 11.0 Å². The maximum Gasteiger partial charge on any atom is 0.332 e. The lowest BCUT2D eigenvalue weighted by atomic mass is 10.0. The number of likely N-dealkylation sites (tertiary alicyclic amines) is 1. The van der Waals surface area contributed by atoms with E-state index >= 15 is 0 Å². The summed E-state index contributed by atoms with van der Waals surface area (Å²) in [4.78, 5) is 42.5. The largest absolute Gasteiger partial charge is 0.332 e. The number of nitrogens with zero attached hydrogens (tertiary/aromatic N) is 4. The minimum absolute atomic E-state index is 0.00578. The second-order valence-corrected chi connectivity index (χ2v) is 7.41. The molecule has 0 radical (unpaired) electrons. The first kappa shape index (κ1) is 16.9. The van der Waals surface area contributed by atoms with Gasteiger partial charge in [0.2, 0.25) is 0 Å². The van der Waals surface area contributed by atoms with Crippen LogP contribution in [0.2, 0.25) is 0 Å². The molecule has 3 saturated heterocycles. The number of non-ortho nitro benzene ring substituents is 1. The highest BCUT2D eigenvalue weighted by atomic mass is 16.6. The van der Waals surface area contributed by atoms with E-state index in [9.17, 15) is 19.7 Å². The Morgan fingerprint density at radius 3 is 2.64 bits per heavy atom. The van der Waals surface area contributed by atoms with Crippen LogP contribution in [0.1, 0.15) is 6.42 Å². The summed E-state index contributed by atoms with van der Waals surface area (Å²) in [7, 11) is 0. The predicted molar refractivity (Wildman–Crippen MR) is 103 cm³/mol. The van der Waals surface area contributed by atoms with Crippen LogP contribution in [0, 0.1) is 10.1 Å². The van der Waals surface area contributed by atoms with Crippen molar-refractivity contribution >= 4 is 34.1 Å². The number of urea groups is 1. The van der Waals surface area contributed by atoms with Crippen molar-refractivity contribution in [3.8, 4) is 0 Å². The zero-order chi connectivity index (χ0) is 19.6. The van der Waals surface area contributed by atoms with E-state index in [0.717, 1.165) is 13.0 Å². The van der Waals surface area contributed by atoms with Crippen LogP contribution < -0.4 is 4.90 Å². The molecule has 2 aromatic carbocycles. The quantitative estimate of drug-likeness (QED) is 0.353. The summed E-state index contributed by atoms with van der Waals surface area (Å²) in [5, 5.41) is 12.3. The molecule has 3 atom stereocenters. The lowest BCUT2D eigenvalue weighted by Gasteiger charge is -2.34. The molecular weight excluding hydrogens is 360 g/mol. The summed E-state index contributed by atoms with van der Waals surface area (Å²) in [6, 6.07) is 8.84. The smallest absolute Gasteiger partial charge is 0.306 e. The van der Waals surface area contributed by atoms with Gasteiger partial charge in [-0.1, -0.05) is 24.3 Å². The average molecular weight is 378 g/mol. The molecule has 5 rings (SSSR count). The van der Waals surface area contributed by atoms with Gasteiger partial charge >= 0.3 is 6.03 Å². The van der Waals surface area contributed by atoms with Crippen molar-refractivity contribution in [1.29, 1.82) is 0 Å². The first-order valence-electron chi connectivity index (χ1n) is 9.20. The van der Waals surface area contributed by atoms with Gasteiger partial charge in [-0.15, -0.1) is 6.58 Å². The van der Waals surface area contributed by atoms with Gasteiger partial charge in [-0.2, -0.15) is 0 Å². The zero-order valence-corrected chi connectivity index (χ0v) is 15.0. The molecule has 8 heteroatoms. The number of hydrogen-bond acceptors (Lipinski definition) is 5. The van der Waals surface area contributed by atoms with Crippen molar-refractivity contribution in [2.75, 3.05) is 18.0 Å². The second kappa shape index (κ2) is 5.87. The number of nitro groups is 1. The van der Waals surface area contributed by atoms with E-state index in [-0.39, 0.29) is 29.7 Å². The number of nitro benzene ring substituents is 1. The third kappa shape index (κ3) is 2.09. The van der Waals surface area contributed by atoms with Crippen molar-refractivity contribution in [1.82, 2.24) is 9.80 Å². The van der Waals surface area contributed by atoms with Gasteiger partial charge in [-0.25, -0.2) is 9.69 Å². The summed E-state index contributed by atoms with van der Waals surface area (Å²) in [6.45, 7) is 5.20. The maximum atomic E-state index is 13.3. The van der Waals surface area contributed by atoms with E-state index in [1.54, 1.807) is 29.2 Å². The predicted octanol–water partition coefficient (Wildman–Crippen LogP) is 2.53. The molecular formula is C20H18N4O4.